The molecule has 0 spiro atoms. The first-order chi connectivity index (χ1) is 10.1. The summed E-state index contributed by atoms with van der Waals surface area (Å²) < 4.78 is 5.36. The Labute approximate surface area is 127 Å². The molecule has 0 saturated carbocycles. The van der Waals surface area contributed by atoms with Gasteiger partial charge in [-0.1, -0.05) is 18.2 Å². The van der Waals surface area contributed by atoms with Crippen molar-refractivity contribution < 1.29 is 9.53 Å². The molecule has 0 unspecified atom stereocenters. The summed E-state index contributed by atoms with van der Waals surface area (Å²) in [6.07, 6.45) is 2.72. The quantitative estimate of drug-likeness (QED) is 0.903. The van der Waals surface area contributed by atoms with Crippen LogP contribution in [-0.4, -0.2) is 44.1 Å². The Balaban J connectivity index is 1.89. The maximum atomic E-state index is 12.5. The fourth-order valence-corrected chi connectivity index (χ4v) is 2.98. The molecule has 1 aromatic carbocycles. The summed E-state index contributed by atoms with van der Waals surface area (Å²) in [6.45, 7) is 3.82. The molecule has 1 aliphatic heterocycles. The number of likely N-dealkylation sites (N-methyl/N-ethyl adjacent to an activating group) is 1. The molecule has 1 aromatic rings. The van der Waals surface area contributed by atoms with E-state index in [4.69, 9.17) is 4.74 Å². The Bertz CT molecular complexity index is 476. The minimum atomic E-state index is 0.170. The van der Waals surface area contributed by atoms with E-state index in [-0.39, 0.29) is 11.8 Å². The standard InChI is InChI=1S/C17H26N2O2/c1-13-12-15(8-10-18-13)17(20)19(2)11-9-14-6-4-5-7-16(14)21-3/h4-7,13,15,18H,8-12H2,1-3H3/t13-,15-/m0/s1. The van der Waals surface area contributed by atoms with Crippen LogP contribution < -0.4 is 10.1 Å². The van der Waals surface area contributed by atoms with E-state index in [0.717, 1.165) is 43.7 Å². The number of carbonyl (C=O) groups excluding carboxylic acids is 1. The van der Waals surface area contributed by atoms with E-state index in [1.807, 2.05) is 30.1 Å². The van der Waals surface area contributed by atoms with Gasteiger partial charge in [0.25, 0.3) is 0 Å². The second-order valence-electron chi connectivity index (χ2n) is 5.90. The molecule has 1 N–H and O–H groups in total. The van der Waals surface area contributed by atoms with E-state index in [1.54, 1.807) is 7.11 Å². The normalized spacial score (nSPS) is 21.9. The van der Waals surface area contributed by atoms with Crippen LogP contribution in [0.1, 0.15) is 25.3 Å². The van der Waals surface area contributed by atoms with Crippen LogP contribution in [0.5, 0.6) is 5.75 Å². The topological polar surface area (TPSA) is 41.6 Å². The second kappa shape index (κ2) is 7.46. The van der Waals surface area contributed by atoms with Crippen molar-refractivity contribution in [3.8, 4) is 5.75 Å². The molecule has 0 aromatic heterocycles. The lowest BCUT2D eigenvalue weighted by Crippen LogP contribution is -2.43. The summed E-state index contributed by atoms with van der Waals surface area (Å²) in [7, 11) is 3.59. The Kier molecular flexibility index (Phi) is 5.62. The molecule has 1 aliphatic rings. The zero-order chi connectivity index (χ0) is 15.2. The number of hydrogen-bond donors (Lipinski definition) is 1. The van der Waals surface area contributed by atoms with Crippen LogP contribution in [0.4, 0.5) is 0 Å². The van der Waals surface area contributed by atoms with Crippen LogP contribution in [0.3, 0.4) is 0 Å². The molecule has 1 heterocycles. The number of ether oxygens (including phenoxy) is 1. The SMILES string of the molecule is COc1ccccc1CCN(C)C(=O)[C@H]1CCN[C@@H](C)C1. The van der Waals surface area contributed by atoms with Gasteiger partial charge in [-0.15, -0.1) is 0 Å². The van der Waals surface area contributed by atoms with Crippen molar-refractivity contribution in [1.29, 1.82) is 0 Å². The molecular weight excluding hydrogens is 264 g/mol. The van der Waals surface area contributed by atoms with Crippen LogP contribution in [0.2, 0.25) is 0 Å². The third-order valence-corrected chi connectivity index (χ3v) is 4.26. The Morgan fingerprint density at radius 2 is 2.19 bits per heavy atom. The number of carbonyl (C=O) groups is 1. The predicted molar refractivity (Wildman–Crippen MR) is 84.5 cm³/mol. The molecular formula is C17H26N2O2. The fraction of sp³-hybridized carbons (Fsp3) is 0.588. The fourth-order valence-electron chi connectivity index (χ4n) is 2.98. The van der Waals surface area contributed by atoms with Gasteiger partial charge in [-0.25, -0.2) is 0 Å². The zero-order valence-electron chi connectivity index (χ0n) is 13.3. The van der Waals surface area contributed by atoms with Crippen molar-refractivity contribution in [3.05, 3.63) is 29.8 Å². The predicted octanol–water partition coefficient (Wildman–Crippen LogP) is 2.08. The molecule has 0 radical (unpaired) electrons. The molecule has 21 heavy (non-hydrogen) atoms. The number of nitrogens with one attached hydrogen (secondary N) is 1. The van der Waals surface area contributed by atoms with Gasteiger partial charge < -0.3 is 15.0 Å². The van der Waals surface area contributed by atoms with E-state index in [1.165, 1.54) is 0 Å². The third-order valence-electron chi connectivity index (χ3n) is 4.26. The van der Waals surface area contributed by atoms with E-state index in [0.29, 0.717) is 6.04 Å². The highest BCUT2D eigenvalue weighted by Gasteiger charge is 2.26. The molecule has 116 valence electrons. The minimum absolute atomic E-state index is 0.170. The highest BCUT2D eigenvalue weighted by molar-refractivity contribution is 5.78. The van der Waals surface area contributed by atoms with Crippen molar-refractivity contribution >= 4 is 5.91 Å². The van der Waals surface area contributed by atoms with E-state index >= 15 is 0 Å². The lowest BCUT2D eigenvalue weighted by atomic mass is 9.92. The minimum Gasteiger partial charge on any atom is -0.496 e. The largest absolute Gasteiger partial charge is 0.496 e. The molecule has 0 aliphatic carbocycles. The van der Waals surface area contributed by atoms with Gasteiger partial charge in [0.15, 0.2) is 0 Å². The average Bonchev–Trinajstić information content (AvgIpc) is 2.52. The molecule has 1 amide bonds. The number of amides is 1. The van der Waals surface area contributed by atoms with Crippen molar-refractivity contribution in [2.24, 2.45) is 5.92 Å². The van der Waals surface area contributed by atoms with Gasteiger partial charge in [-0.05, 0) is 44.4 Å². The number of rotatable bonds is 5. The first-order valence-electron chi connectivity index (χ1n) is 7.72. The summed E-state index contributed by atoms with van der Waals surface area (Å²) in [4.78, 5) is 14.4. The molecule has 2 rings (SSSR count). The third kappa shape index (κ3) is 4.21. The lowest BCUT2D eigenvalue weighted by molar-refractivity contribution is -0.135. The van der Waals surface area contributed by atoms with Gasteiger partial charge in [0.05, 0.1) is 7.11 Å². The van der Waals surface area contributed by atoms with Gasteiger partial charge in [0.1, 0.15) is 5.75 Å². The lowest BCUT2D eigenvalue weighted by Gasteiger charge is -2.30. The first-order valence-corrected chi connectivity index (χ1v) is 7.72. The number of para-hydroxylation sites is 1. The Morgan fingerprint density at radius 1 is 1.43 bits per heavy atom. The average molecular weight is 290 g/mol. The van der Waals surface area contributed by atoms with E-state index < -0.39 is 0 Å². The molecule has 4 heteroatoms. The van der Waals surface area contributed by atoms with Crippen molar-refractivity contribution in [3.63, 3.8) is 0 Å². The summed E-state index contributed by atoms with van der Waals surface area (Å²) in [5, 5.41) is 3.39. The smallest absolute Gasteiger partial charge is 0.225 e. The second-order valence-corrected chi connectivity index (χ2v) is 5.90. The summed E-state index contributed by atoms with van der Waals surface area (Å²) in [5.41, 5.74) is 1.15. The van der Waals surface area contributed by atoms with Crippen LogP contribution in [-0.2, 0) is 11.2 Å². The van der Waals surface area contributed by atoms with Crippen LogP contribution >= 0.6 is 0 Å². The monoisotopic (exact) mass is 290 g/mol. The number of nitrogens with zero attached hydrogens (tertiary/aromatic N) is 1. The van der Waals surface area contributed by atoms with Gasteiger partial charge in [-0.3, -0.25) is 4.79 Å². The van der Waals surface area contributed by atoms with Gasteiger partial charge in [0.2, 0.25) is 5.91 Å². The van der Waals surface area contributed by atoms with E-state index in [2.05, 4.69) is 18.3 Å². The van der Waals surface area contributed by atoms with Crippen LogP contribution in [0.15, 0.2) is 24.3 Å². The molecule has 4 nitrogen and oxygen atoms in total. The molecule has 1 fully saturated rings. The number of benzene rings is 1. The van der Waals surface area contributed by atoms with Crippen molar-refractivity contribution in [1.82, 2.24) is 10.2 Å². The summed E-state index contributed by atoms with van der Waals surface area (Å²) in [6, 6.07) is 8.44. The van der Waals surface area contributed by atoms with Gasteiger partial charge in [0, 0.05) is 25.6 Å². The highest BCUT2D eigenvalue weighted by Crippen LogP contribution is 2.20. The molecule has 1 saturated heterocycles. The summed E-state index contributed by atoms with van der Waals surface area (Å²) in [5.74, 6) is 1.34. The number of hydrogen-bond acceptors (Lipinski definition) is 3. The maximum Gasteiger partial charge on any atom is 0.225 e. The number of methoxy groups -OCH3 is 1. The molecule has 2 atom stereocenters. The van der Waals surface area contributed by atoms with Crippen LogP contribution in [0, 0.1) is 5.92 Å². The number of piperidine rings is 1. The first kappa shape index (κ1) is 15.8. The van der Waals surface area contributed by atoms with E-state index in [9.17, 15) is 4.79 Å². The highest BCUT2D eigenvalue weighted by atomic mass is 16.5. The maximum absolute atomic E-state index is 12.5. The van der Waals surface area contributed by atoms with Crippen LogP contribution in [0.25, 0.3) is 0 Å². The molecule has 0 bridgehead atoms. The van der Waals surface area contributed by atoms with Gasteiger partial charge >= 0.3 is 0 Å². The Hall–Kier alpha value is -1.55. The zero-order valence-corrected chi connectivity index (χ0v) is 13.3. The van der Waals surface area contributed by atoms with Crippen molar-refractivity contribution in [2.45, 2.75) is 32.2 Å². The summed E-state index contributed by atoms with van der Waals surface area (Å²) >= 11 is 0. The van der Waals surface area contributed by atoms with Crippen molar-refractivity contribution in [2.75, 3.05) is 27.2 Å². The Morgan fingerprint density at radius 3 is 2.90 bits per heavy atom. The van der Waals surface area contributed by atoms with Gasteiger partial charge in [-0.2, -0.15) is 0 Å².